The molecule has 1 aliphatic rings. The lowest BCUT2D eigenvalue weighted by Crippen LogP contribution is -2.42. The molecule has 3 rings (SSSR count). The minimum atomic E-state index is 0. The Morgan fingerprint density at radius 1 is 1.14 bits per heavy atom. The van der Waals surface area contributed by atoms with Crippen molar-refractivity contribution in [2.75, 3.05) is 33.3 Å². The first-order chi connectivity index (χ1) is 13.8. The normalized spacial score (nSPS) is 15.7. The van der Waals surface area contributed by atoms with E-state index in [4.69, 9.17) is 4.74 Å². The van der Waals surface area contributed by atoms with Gasteiger partial charge in [0.1, 0.15) is 0 Å². The summed E-state index contributed by atoms with van der Waals surface area (Å²) in [5.41, 5.74) is 2.47. The second kappa shape index (κ2) is 13.2. The summed E-state index contributed by atoms with van der Waals surface area (Å²) in [4.78, 5) is 8.43. The van der Waals surface area contributed by atoms with Crippen molar-refractivity contribution in [3.8, 4) is 0 Å². The lowest BCUT2D eigenvalue weighted by atomic mass is 10.1. The highest BCUT2D eigenvalue weighted by molar-refractivity contribution is 14.0. The summed E-state index contributed by atoms with van der Waals surface area (Å²) in [7, 11) is 1.83. The topological polar surface area (TPSA) is 48.9 Å². The summed E-state index contributed by atoms with van der Waals surface area (Å²) in [5.74, 6) is 0.840. The maximum atomic E-state index is 5.59. The standard InChI is InChI=1S/C22H32N4OS.HI/c1-3-27-17-19-10-5-4-9-18(19)15-24-22(23-2)25-16-20(21-11-8-14-28-21)26-12-6-7-13-26;/h4-5,8-11,14,20H,3,6-7,12-13,15-17H2,1-2H3,(H2,23,24,25);1H. The first kappa shape index (κ1) is 24.1. The summed E-state index contributed by atoms with van der Waals surface area (Å²) >= 11 is 1.84. The molecule has 2 N–H and O–H groups in total. The fourth-order valence-corrected chi connectivity index (χ4v) is 4.48. The number of nitrogens with zero attached hydrogens (tertiary/aromatic N) is 2. The molecule has 1 atom stereocenters. The van der Waals surface area contributed by atoms with Gasteiger partial charge in [0.25, 0.3) is 0 Å². The molecule has 2 heterocycles. The van der Waals surface area contributed by atoms with Crippen molar-refractivity contribution >= 4 is 41.3 Å². The molecule has 0 aliphatic carbocycles. The molecule has 1 aromatic heterocycles. The Kier molecular flexibility index (Phi) is 11.0. The van der Waals surface area contributed by atoms with Crippen LogP contribution in [0.4, 0.5) is 0 Å². The fourth-order valence-electron chi connectivity index (χ4n) is 3.62. The molecular weight excluding hydrogens is 495 g/mol. The van der Waals surface area contributed by atoms with Gasteiger partial charge in [-0.25, -0.2) is 0 Å². The molecule has 7 heteroatoms. The number of hydrogen-bond donors (Lipinski definition) is 2. The summed E-state index contributed by atoms with van der Waals surface area (Å²) in [6, 6.07) is 13.2. The van der Waals surface area contributed by atoms with E-state index < -0.39 is 0 Å². The average molecular weight is 529 g/mol. The second-order valence-corrected chi connectivity index (χ2v) is 7.97. The van der Waals surface area contributed by atoms with Crippen molar-refractivity contribution in [1.82, 2.24) is 15.5 Å². The predicted octanol–water partition coefficient (Wildman–Crippen LogP) is 4.40. The van der Waals surface area contributed by atoms with E-state index in [-0.39, 0.29) is 24.0 Å². The molecular formula is C22H33IN4OS. The van der Waals surface area contributed by atoms with Crippen molar-refractivity contribution < 1.29 is 4.74 Å². The van der Waals surface area contributed by atoms with E-state index in [1.165, 1.54) is 41.9 Å². The Hall–Kier alpha value is -1.16. The Morgan fingerprint density at radius 3 is 2.55 bits per heavy atom. The molecule has 160 valence electrons. The molecule has 0 amide bonds. The van der Waals surface area contributed by atoms with E-state index in [1.54, 1.807) is 0 Å². The molecule has 0 bridgehead atoms. The molecule has 2 aromatic rings. The van der Waals surface area contributed by atoms with Crippen LogP contribution < -0.4 is 10.6 Å². The molecule has 1 unspecified atom stereocenters. The summed E-state index contributed by atoms with van der Waals surface area (Å²) in [6.45, 7) is 7.36. The van der Waals surface area contributed by atoms with Gasteiger partial charge in [-0.05, 0) is 55.4 Å². The van der Waals surface area contributed by atoms with Gasteiger partial charge in [0.15, 0.2) is 5.96 Å². The molecule has 0 radical (unpaired) electrons. The van der Waals surface area contributed by atoms with Gasteiger partial charge in [0.2, 0.25) is 0 Å². The second-order valence-electron chi connectivity index (χ2n) is 6.99. The van der Waals surface area contributed by atoms with Crippen LogP contribution in [0.25, 0.3) is 0 Å². The van der Waals surface area contributed by atoms with Gasteiger partial charge in [0.05, 0.1) is 12.6 Å². The predicted molar refractivity (Wildman–Crippen MR) is 133 cm³/mol. The summed E-state index contributed by atoms with van der Waals surface area (Å²) in [6.07, 6.45) is 2.59. The molecule has 29 heavy (non-hydrogen) atoms. The van der Waals surface area contributed by atoms with Crippen LogP contribution in [0, 0.1) is 0 Å². The fraction of sp³-hybridized carbons (Fsp3) is 0.500. The SMILES string of the molecule is CCOCc1ccccc1CNC(=NC)NCC(c1cccs1)N1CCCC1.I. The smallest absolute Gasteiger partial charge is 0.191 e. The minimum Gasteiger partial charge on any atom is -0.377 e. The zero-order valence-electron chi connectivity index (χ0n) is 17.4. The van der Waals surface area contributed by atoms with Crippen LogP contribution in [0.15, 0.2) is 46.8 Å². The van der Waals surface area contributed by atoms with Gasteiger partial charge in [-0.15, -0.1) is 35.3 Å². The lowest BCUT2D eigenvalue weighted by molar-refractivity contribution is 0.133. The Balaban J connectivity index is 0.00000300. The Bertz CT molecular complexity index is 732. The molecule has 1 fully saturated rings. The van der Waals surface area contributed by atoms with Crippen LogP contribution in [0.5, 0.6) is 0 Å². The number of benzene rings is 1. The van der Waals surface area contributed by atoms with Gasteiger partial charge in [0, 0.05) is 31.6 Å². The van der Waals surface area contributed by atoms with E-state index in [9.17, 15) is 0 Å². The maximum Gasteiger partial charge on any atom is 0.191 e. The third-order valence-corrected chi connectivity index (χ3v) is 6.14. The molecule has 0 saturated carbocycles. The van der Waals surface area contributed by atoms with Gasteiger partial charge >= 0.3 is 0 Å². The van der Waals surface area contributed by atoms with Crippen LogP contribution in [0.1, 0.15) is 41.8 Å². The van der Waals surface area contributed by atoms with Crippen molar-refractivity contribution in [2.45, 2.75) is 39.0 Å². The Morgan fingerprint density at radius 2 is 1.90 bits per heavy atom. The third kappa shape index (κ3) is 7.24. The first-order valence-electron chi connectivity index (χ1n) is 10.2. The summed E-state index contributed by atoms with van der Waals surface area (Å²) in [5, 5.41) is 9.17. The van der Waals surface area contributed by atoms with Crippen molar-refractivity contribution in [3.05, 3.63) is 57.8 Å². The van der Waals surface area contributed by atoms with Gasteiger partial charge in [-0.2, -0.15) is 0 Å². The summed E-state index contributed by atoms with van der Waals surface area (Å²) < 4.78 is 5.59. The number of guanidine groups is 1. The maximum absolute atomic E-state index is 5.59. The number of nitrogens with one attached hydrogen (secondary N) is 2. The molecule has 5 nitrogen and oxygen atoms in total. The zero-order chi connectivity index (χ0) is 19.6. The van der Waals surface area contributed by atoms with Gasteiger partial charge in [-0.1, -0.05) is 30.3 Å². The highest BCUT2D eigenvalue weighted by atomic mass is 127. The first-order valence-corrected chi connectivity index (χ1v) is 11.1. The highest BCUT2D eigenvalue weighted by Crippen LogP contribution is 2.27. The van der Waals surface area contributed by atoms with Crippen molar-refractivity contribution in [3.63, 3.8) is 0 Å². The zero-order valence-corrected chi connectivity index (χ0v) is 20.5. The number of thiophene rings is 1. The van der Waals surface area contributed by atoms with Crippen LogP contribution in [0.3, 0.4) is 0 Å². The molecule has 1 aliphatic heterocycles. The van der Waals surface area contributed by atoms with E-state index in [2.05, 4.69) is 62.3 Å². The van der Waals surface area contributed by atoms with E-state index in [0.717, 1.165) is 25.7 Å². The number of ether oxygens (including phenoxy) is 1. The van der Waals surface area contributed by atoms with Crippen molar-refractivity contribution in [2.24, 2.45) is 4.99 Å². The third-order valence-electron chi connectivity index (χ3n) is 5.17. The molecule has 1 saturated heterocycles. The molecule has 0 spiro atoms. The minimum absolute atomic E-state index is 0. The Labute approximate surface area is 196 Å². The van der Waals surface area contributed by atoms with Gasteiger partial charge < -0.3 is 15.4 Å². The largest absolute Gasteiger partial charge is 0.377 e. The van der Waals surface area contributed by atoms with Crippen LogP contribution in [-0.4, -0.2) is 44.1 Å². The highest BCUT2D eigenvalue weighted by Gasteiger charge is 2.24. The van der Waals surface area contributed by atoms with Gasteiger partial charge in [-0.3, -0.25) is 9.89 Å². The van der Waals surface area contributed by atoms with Crippen molar-refractivity contribution in [1.29, 1.82) is 0 Å². The number of halogens is 1. The quantitative estimate of drug-likeness (QED) is 0.288. The van der Waals surface area contributed by atoms with E-state index in [0.29, 0.717) is 12.6 Å². The van der Waals surface area contributed by atoms with Crippen LogP contribution in [-0.2, 0) is 17.9 Å². The number of likely N-dealkylation sites (tertiary alicyclic amines) is 1. The van der Waals surface area contributed by atoms with Crippen LogP contribution >= 0.6 is 35.3 Å². The lowest BCUT2D eigenvalue weighted by Gasteiger charge is -2.27. The average Bonchev–Trinajstić information content (AvgIpc) is 3.44. The number of hydrogen-bond acceptors (Lipinski definition) is 4. The number of aliphatic imine (C=N–C) groups is 1. The van der Waals surface area contributed by atoms with E-state index in [1.807, 2.05) is 25.3 Å². The van der Waals surface area contributed by atoms with Crippen LogP contribution in [0.2, 0.25) is 0 Å². The number of rotatable bonds is 9. The monoisotopic (exact) mass is 528 g/mol. The molecule has 1 aromatic carbocycles. The van der Waals surface area contributed by atoms with E-state index >= 15 is 0 Å².